The Morgan fingerprint density at radius 1 is 0.920 bits per heavy atom. The second-order valence-corrected chi connectivity index (χ2v) is 6.21. The van der Waals surface area contributed by atoms with Gasteiger partial charge in [0.2, 0.25) is 5.78 Å². The number of fused-ring (bicyclic) bond motifs is 1. The Labute approximate surface area is 146 Å². The first-order chi connectivity index (χ1) is 12.2. The van der Waals surface area contributed by atoms with Gasteiger partial charge in [-0.2, -0.15) is 0 Å². The zero-order valence-electron chi connectivity index (χ0n) is 14.0. The number of hydrogen-bond acceptors (Lipinski definition) is 2. The van der Waals surface area contributed by atoms with Gasteiger partial charge in [0.05, 0.1) is 23.4 Å². The Bertz CT molecular complexity index is 1050. The highest BCUT2D eigenvalue weighted by Crippen LogP contribution is 2.16. The summed E-state index contributed by atoms with van der Waals surface area (Å²) < 4.78 is 1.96. The normalized spacial score (nSPS) is 10.9. The maximum absolute atomic E-state index is 12.8. The largest absolute Gasteiger partial charge is 0.339 e. The van der Waals surface area contributed by atoms with Crippen LogP contribution in [0.5, 0.6) is 0 Å². The van der Waals surface area contributed by atoms with Gasteiger partial charge in [0, 0.05) is 17.1 Å². The van der Waals surface area contributed by atoms with Gasteiger partial charge in [-0.15, -0.1) is 0 Å². The Morgan fingerprint density at radius 3 is 2.56 bits per heavy atom. The van der Waals surface area contributed by atoms with Gasteiger partial charge in [0.1, 0.15) is 0 Å². The number of pyridine rings is 1. The molecule has 0 unspecified atom stereocenters. The number of rotatable bonds is 4. The molecule has 0 bridgehead atoms. The molecule has 0 aliphatic rings. The minimum Gasteiger partial charge on any atom is -0.339 e. The lowest BCUT2D eigenvalue weighted by Gasteiger charge is -2.09. The molecule has 25 heavy (non-hydrogen) atoms. The number of hydrogen-bond donors (Lipinski definition) is 0. The maximum atomic E-state index is 12.8. The van der Waals surface area contributed by atoms with E-state index in [0.717, 1.165) is 22.2 Å². The highest BCUT2D eigenvalue weighted by molar-refractivity contribution is 6.08. The highest BCUT2D eigenvalue weighted by Gasteiger charge is 2.13. The van der Waals surface area contributed by atoms with E-state index in [1.165, 1.54) is 0 Å². The molecule has 0 spiro atoms. The molecular formula is C22H18N2O. The summed E-state index contributed by atoms with van der Waals surface area (Å²) >= 11 is 0. The molecule has 2 aromatic heterocycles. The minimum atomic E-state index is 0.0331. The number of ketones is 1. The number of para-hydroxylation sites is 1. The Kier molecular flexibility index (Phi) is 3.90. The molecular weight excluding hydrogens is 308 g/mol. The second kappa shape index (κ2) is 6.36. The number of carbonyl (C=O) groups excluding carboxylic acids is 1. The molecule has 4 aromatic rings. The second-order valence-electron chi connectivity index (χ2n) is 6.21. The average molecular weight is 326 g/mol. The van der Waals surface area contributed by atoms with Crippen molar-refractivity contribution < 1.29 is 4.79 Å². The van der Waals surface area contributed by atoms with E-state index in [9.17, 15) is 4.79 Å². The van der Waals surface area contributed by atoms with Crippen LogP contribution in [0.3, 0.4) is 0 Å². The summed E-state index contributed by atoms with van der Waals surface area (Å²) in [6, 6.07) is 23.6. The first-order valence-electron chi connectivity index (χ1n) is 8.32. The molecule has 0 radical (unpaired) electrons. The Balaban J connectivity index is 1.64. The van der Waals surface area contributed by atoms with E-state index in [1.54, 1.807) is 0 Å². The van der Waals surface area contributed by atoms with E-state index in [0.29, 0.717) is 17.8 Å². The fraction of sp³-hybridized carbons (Fsp3) is 0.0909. The monoisotopic (exact) mass is 326 g/mol. The quantitative estimate of drug-likeness (QED) is 0.513. The molecule has 3 heteroatoms. The van der Waals surface area contributed by atoms with Crippen LogP contribution in [0, 0.1) is 6.92 Å². The van der Waals surface area contributed by atoms with Crippen LogP contribution in [0.1, 0.15) is 27.3 Å². The van der Waals surface area contributed by atoms with E-state index in [1.807, 2.05) is 84.4 Å². The fourth-order valence-electron chi connectivity index (χ4n) is 2.98. The van der Waals surface area contributed by atoms with E-state index in [4.69, 9.17) is 4.98 Å². The maximum Gasteiger partial charge on any atom is 0.209 e. The Morgan fingerprint density at radius 2 is 1.72 bits per heavy atom. The summed E-state index contributed by atoms with van der Waals surface area (Å²) in [6.07, 6.45) is 1.93. The molecule has 0 saturated carbocycles. The van der Waals surface area contributed by atoms with Crippen molar-refractivity contribution in [3.63, 3.8) is 0 Å². The van der Waals surface area contributed by atoms with Gasteiger partial charge in [-0.3, -0.25) is 9.78 Å². The molecule has 0 saturated heterocycles. The van der Waals surface area contributed by atoms with Gasteiger partial charge in [0.25, 0.3) is 0 Å². The summed E-state index contributed by atoms with van der Waals surface area (Å²) in [7, 11) is 0. The van der Waals surface area contributed by atoms with Crippen LogP contribution in [-0.2, 0) is 6.54 Å². The third kappa shape index (κ3) is 3.09. The van der Waals surface area contributed by atoms with Crippen molar-refractivity contribution in [1.82, 2.24) is 9.55 Å². The molecule has 3 nitrogen and oxygen atoms in total. The van der Waals surface area contributed by atoms with E-state index < -0.39 is 0 Å². The molecule has 0 aliphatic heterocycles. The summed E-state index contributed by atoms with van der Waals surface area (Å²) in [5.74, 6) is 0.0331. The molecule has 2 heterocycles. The third-order valence-corrected chi connectivity index (χ3v) is 4.36. The lowest BCUT2D eigenvalue weighted by Crippen LogP contribution is -2.11. The number of nitrogens with zero attached hydrogens (tertiary/aromatic N) is 2. The summed E-state index contributed by atoms with van der Waals surface area (Å²) in [5.41, 5.74) is 4.44. The number of benzene rings is 2. The van der Waals surface area contributed by atoms with Gasteiger partial charge in [-0.05, 0) is 31.2 Å². The molecule has 2 aromatic carbocycles. The fourth-order valence-corrected chi connectivity index (χ4v) is 2.98. The van der Waals surface area contributed by atoms with Crippen LogP contribution in [0.4, 0.5) is 0 Å². The number of carbonyl (C=O) groups is 1. The van der Waals surface area contributed by atoms with Crippen LogP contribution >= 0.6 is 0 Å². The van der Waals surface area contributed by atoms with Crippen LogP contribution in [0.15, 0.2) is 79.0 Å². The van der Waals surface area contributed by atoms with Gasteiger partial charge in [0.15, 0.2) is 0 Å². The molecule has 122 valence electrons. The smallest absolute Gasteiger partial charge is 0.209 e. The first kappa shape index (κ1) is 15.3. The van der Waals surface area contributed by atoms with Crippen molar-refractivity contribution in [3.05, 3.63) is 102 Å². The van der Waals surface area contributed by atoms with Gasteiger partial charge < -0.3 is 4.57 Å². The van der Waals surface area contributed by atoms with Crippen molar-refractivity contribution in [2.75, 3.05) is 0 Å². The number of aromatic nitrogens is 2. The van der Waals surface area contributed by atoms with Crippen LogP contribution in [0.2, 0.25) is 0 Å². The van der Waals surface area contributed by atoms with E-state index >= 15 is 0 Å². The van der Waals surface area contributed by atoms with Gasteiger partial charge >= 0.3 is 0 Å². The minimum absolute atomic E-state index is 0.0331. The predicted octanol–water partition coefficient (Wildman–Crippen LogP) is 4.62. The molecule has 0 atom stereocenters. The lowest BCUT2D eigenvalue weighted by molar-refractivity contribution is 0.103. The summed E-state index contributed by atoms with van der Waals surface area (Å²) in [6.45, 7) is 2.59. The van der Waals surface area contributed by atoms with Gasteiger partial charge in [-0.25, -0.2) is 0 Å². The standard InChI is InChI=1S/C22H18N2O/c1-16-8-10-18(11-9-16)22(25)21-7-4-14-24(21)15-19-13-12-17-5-2-3-6-20(17)23-19/h2-14H,15H2,1H3. The number of aryl methyl sites for hydroxylation is 1. The zero-order chi connectivity index (χ0) is 17.2. The van der Waals surface area contributed by atoms with Crippen molar-refractivity contribution in [2.45, 2.75) is 13.5 Å². The Hall–Kier alpha value is -3.20. The highest BCUT2D eigenvalue weighted by atomic mass is 16.1. The van der Waals surface area contributed by atoms with Crippen molar-refractivity contribution >= 4 is 16.7 Å². The third-order valence-electron chi connectivity index (χ3n) is 4.36. The SMILES string of the molecule is Cc1ccc(C(=O)c2cccn2Cc2ccc3ccccc3n2)cc1. The van der Waals surface area contributed by atoms with Crippen molar-refractivity contribution in [2.24, 2.45) is 0 Å². The van der Waals surface area contributed by atoms with Crippen molar-refractivity contribution in [1.29, 1.82) is 0 Å². The molecule has 0 amide bonds. The van der Waals surface area contributed by atoms with Crippen molar-refractivity contribution in [3.8, 4) is 0 Å². The van der Waals surface area contributed by atoms with Crippen LogP contribution < -0.4 is 0 Å². The molecule has 0 fully saturated rings. The van der Waals surface area contributed by atoms with E-state index in [2.05, 4.69) is 6.07 Å². The topological polar surface area (TPSA) is 34.9 Å². The molecule has 0 aliphatic carbocycles. The van der Waals surface area contributed by atoms with Crippen LogP contribution in [0.25, 0.3) is 10.9 Å². The zero-order valence-corrected chi connectivity index (χ0v) is 14.0. The summed E-state index contributed by atoms with van der Waals surface area (Å²) in [5, 5.41) is 1.12. The lowest BCUT2D eigenvalue weighted by atomic mass is 10.1. The average Bonchev–Trinajstić information content (AvgIpc) is 3.10. The van der Waals surface area contributed by atoms with E-state index in [-0.39, 0.29) is 5.78 Å². The predicted molar refractivity (Wildman–Crippen MR) is 99.9 cm³/mol. The summed E-state index contributed by atoms with van der Waals surface area (Å²) in [4.78, 5) is 17.5. The van der Waals surface area contributed by atoms with Crippen LogP contribution in [-0.4, -0.2) is 15.3 Å². The molecule has 4 rings (SSSR count). The molecule has 0 N–H and O–H groups in total. The van der Waals surface area contributed by atoms with Gasteiger partial charge in [-0.1, -0.05) is 54.1 Å². The first-order valence-corrected chi connectivity index (χ1v) is 8.32.